The van der Waals surface area contributed by atoms with Crippen molar-refractivity contribution in [3.8, 4) is 5.75 Å². The van der Waals surface area contributed by atoms with Crippen molar-refractivity contribution in [2.24, 2.45) is 0 Å². The normalized spacial score (nSPS) is 15.0. The van der Waals surface area contributed by atoms with Crippen molar-refractivity contribution in [2.75, 3.05) is 23.3 Å². The molecule has 0 spiro atoms. The quantitative estimate of drug-likeness (QED) is 0.811. The molecule has 1 fully saturated rings. The van der Waals surface area contributed by atoms with Crippen LogP contribution in [0.4, 0.5) is 11.4 Å². The first kappa shape index (κ1) is 17.6. The lowest BCUT2D eigenvalue weighted by atomic mass is 10.2. The molecule has 4 nitrogen and oxygen atoms in total. The predicted molar refractivity (Wildman–Crippen MR) is 103 cm³/mol. The van der Waals surface area contributed by atoms with E-state index in [1.807, 2.05) is 31.2 Å². The number of carbonyl (C=O) groups excluding carboxylic acids is 1. The fourth-order valence-electron chi connectivity index (χ4n) is 2.97. The average Bonchev–Trinajstić information content (AvgIpc) is 3.16. The predicted octanol–water partition coefficient (Wildman–Crippen LogP) is 4.74. The van der Waals surface area contributed by atoms with Crippen molar-refractivity contribution in [1.29, 1.82) is 0 Å². The van der Waals surface area contributed by atoms with Gasteiger partial charge in [-0.15, -0.1) is 0 Å². The number of nitrogens with zero attached hydrogens (tertiary/aromatic N) is 1. The third-order valence-electron chi connectivity index (χ3n) is 4.38. The molecule has 1 N–H and O–H groups in total. The van der Waals surface area contributed by atoms with E-state index < -0.39 is 6.10 Å². The number of amides is 1. The van der Waals surface area contributed by atoms with E-state index in [0.717, 1.165) is 18.8 Å². The Hall–Kier alpha value is -2.20. The summed E-state index contributed by atoms with van der Waals surface area (Å²) in [6.07, 6.45) is 2.47. The van der Waals surface area contributed by atoms with Gasteiger partial charge in [-0.2, -0.15) is 0 Å². The lowest BCUT2D eigenvalue weighted by Gasteiger charge is -2.19. The van der Waals surface area contributed by atoms with Crippen molar-refractivity contribution in [2.45, 2.75) is 32.3 Å². The third kappa shape index (κ3) is 4.45. The van der Waals surface area contributed by atoms with E-state index >= 15 is 0 Å². The highest BCUT2D eigenvalue weighted by Gasteiger charge is 2.20. The molecule has 1 saturated heterocycles. The Labute approximate surface area is 153 Å². The minimum atomic E-state index is -0.585. The first-order chi connectivity index (χ1) is 12.2. The van der Waals surface area contributed by atoms with E-state index in [4.69, 9.17) is 16.3 Å². The summed E-state index contributed by atoms with van der Waals surface area (Å²) in [5, 5.41) is 3.43. The van der Waals surface area contributed by atoms with Crippen LogP contribution in [0.3, 0.4) is 0 Å². The number of halogens is 1. The fraction of sp³-hybridized carbons (Fsp3) is 0.350. The molecular formula is C20H23ClN2O2. The number of hydrogen-bond acceptors (Lipinski definition) is 3. The maximum absolute atomic E-state index is 12.5. The van der Waals surface area contributed by atoms with E-state index in [-0.39, 0.29) is 5.91 Å². The van der Waals surface area contributed by atoms with Gasteiger partial charge in [0.2, 0.25) is 0 Å². The Morgan fingerprint density at radius 1 is 1.16 bits per heavy atom. The van der Waals surface area contributed by atoms with Gasteiger partial charge in [0, 0.05) is 24.5 Å². The number of anilines is 2. The molecule has 0 bridgehead atoms. The van der Waals surface area contributed by atoms with E-state index in [1.54, 1.807) is 12.1 Å². The zero-order valence-corrected chi connectivity index (χ0v) is 15.1. The summed E-state index contributed by atoms with van der Waals surface area (Å²) in [6.45, 7) is 4.13. The number of hydrogen-bond donors (Lipinski definition) is 1. The molecule has 3 rings (SSSR count). The number of nitrogens with one attached hydrogen (secondary N) is 1. The Balaban J connectivity index is 1.62. The Morgan fingerprint density at radius 3 is 2.48 bits per heavy atom. The van der Waals surface area contributed by atoms with Gasteiger partial charge in [-0.1, -0.05) is 30.7 Å². The molecule has 1 atom stereocenters. The highest BCUT2D eigenvalue weighted by Crippen LogP contribution is 2.26. The van der Waals surface area contributed by atoms with Crippen LogP contribution in [0.25, 0.3) is 0 Å². The maximum Gasteiger partial charge on any atom is 0.265 e. The minimum Gasteiger partial charge on any atom is -0.479 e. The Morgan fingerprint density at radius 2 is 1.84 bits per heavy atom. The summed E-state index contributed by atoms with van der Waals surface area (Å²) >= 11 is 6.11. The monoisotopic (exact) mass is 358 g/mol. The Kier molecular flexibility index (Phi) is 5.82. The molecule has 25 heavy (non-hydrogen) atoms. The number of para-hydroxylation sites is 1. The van der Waals surface area contributed by atoms with E-state index in [1.165, 1.54) is 18.5 Å². The van der Waals surface area contributed by atoms with Gasteiger partial charge < -0.3 is 15.0 Å². The molecule has 132 valence electrons. The molecule has 1 heterocycles. The molecular weight excluding hydrogens is 336 g/mol. The van der Waals surface area contributed by atoms with Crippen molar-refractivity contribution < 1.29 is 9.53 Å². The molecule has 0 aromatic heterocycles. The van der Waals surface area contributed by atoms with Gasteiger partial charge in [-0.3, -0.25) is 4.79 Å². The lowest BCUT2D eigenvalue weighted by Crippen LogP contribution is -2.32. The van der Waals surface area contributed by atoms with Gasteiger partial charge in [-0.05, 0) is 55.7 Å². The lowest BCUT2D eigenvalue weighted by molar-refractivity contribution is -0.122. The molecule has 1 unspecified atom stereocenters. The van der Waals surface area contributed by atoms with Gasteiger partial charge in [0.25, 0.3) is 5.91 Å². The van der Waals surface area contributed by atoms with Crippen LogP contribution in [0.1, 0.15) is 26.2 Å². The molecule has 0 aliphatic carbocycles. The van der Waals surface area contributed by atoms with Crippen LogP contribution in [-0.4, -0.2) is 25.1 Å². The summed E-state index contributed by atoms with van der Waals surface area (Å²) in [5.74, 6) is 0.354. The molecule has 0 radical (unpaired) electrons. The van der Waals surface area contributed by atoms with Crippen molar-refractivity contribution >= 4 is 28.9 Å². The molecule has 2 aromatic carbocycles. The van der Waals surface area contributed by atoms with Crippen LogP contribution < -0.4 is 15.0 Å². The molecule has 2 aromatic rings. The SMILES string of the molecule is CCC(Oc1ccccc1Cl)C(=O)Nc1ccc(N2CCCC2)cc1. The summed E-state index contributed by atoms with van der Waals surface area (Å²) < 4.78 is 5.78. The highest BCUT2D eigenvalue weighted by molar-refractivity contribution is 6.32. The smallest absolute Gasteiger partial charge is 0.265 e. The van der Waals surface area contributed by atoms with Crippen molar-refractivity contribution in [1.82, 2.24) is 0 Å². The zero-order chi connectivity index (χ0) is 17.6. The minimum absolute atomic E-state index is 0.170. The van der Waals surface area contributed by atoms with E-state index in [2.05, 4.69) is 22.3 Å². The second-order valence-corrected chi connectivity index (χ2v) is 6.58. The topological polar surface area (TPSA) is 41.6 Å². The van der Waals surface area contributed by atoms with Crippen LogP contribution in [0.2, 0.25) is 5.02 Å². The maximum atomic E-state index is 12.5. The number of carbonyl (C=O) groups is 1. The van der Waals surface area contributed by atoms with E-state index in [0.29, 0.717) is 17.2 Å². The van der Waals surface area contributed by atoms with Crippen molar-refractivity contribution in [3.05, 3.63) is 53.6 Å². The number of benzene rings is 2. The van der Waals surface area contributed by atoms with Gasteiger partial charge in [0.1, 0.15) is 5.75 Å². The molecule has 5 heteroatoms. The van der Waals surface area contributed by atoms with Crippen LogP contribution in [-0.2, 0) is 4.79 Å². The largest absolute Gasteiger partial charge is 0.479 e. The average molecular weight is 359 g/mol. The number of rotatable bonds is 6. The van der Waals surface area contributed by atoms with Gasteiger partial charge in [-0.25, -0.2) is 0 Å². The first-order valence-corrected chi connectivity index (χ1v) is 9.12. The molecule has 0 saturated carbocycles. The van der Waals surface area contributed by atoms with Crippen LogP contribution in [0.5, 0.6) is 5.75 Å². The van der Waals surface area contributed by atoms with E-state index in [9.17, 15) is 4.79 Å². The first-order valence-electron chi connectivity index (χ1n) is 8.74. The fourth-order valence-corrected chi connectivity index (χ4v) is 3.15. The van der Waals surface area contributed by atoms with Crippen LogP contribution in [0.15, 0.2) is 48.5 Å². The van der Waals surface area contributed by atoms with Crippen LogP contribution >= 0.6 is 11.6 Å². The summed E-state index contributed by atoms with van der Waals surface area (Å²) in [6, 6.07) is 15.2. The van der Waals surface area contributed by atoms with Crippen molar-refractivity contribution in [3.63, 3.8) is 0 Å². The van der Waals surface area contributed by atoms with Gasteiger partial charge in [0.15, 0.2) is 6.10 Å². The third-order valence-corrected chi connectivity index (χ3v) is 4.69. The highest BCUT2D eigenvalue weighted by atomic mass is 35.5. The Bertz CT molecular complexity index is 712. The molecule has 1 aliphatic heterocycles. The second-order valence-electron chi connectivity index (χ2n) is 6.18. The number of ether oxygens (including phenoxy) is 1. The summed E-state index contributed by atoms with van der Waals surface area (Å²) in [4.78, 5) is 14.9. The summed E-state index contributed by atoms with van der Waals surface area (Å²) in [5.41, 5.74) is 1.98. The molecule has 1 aliphatic rings. The summed E-state index contributed by atoms with van der Waals surface area (Å²) in [7, 11) is 0. The molecule has 1 amide bonds. The van der Waals surface area contributed by atoms with Gasteiger partial charge in [0.05, 0.1) is 5.02 Å². The zero-order valence-electron chi connectivity index (χ0n) is 14.4. The van der Waals surface area contributed by atoms with Crippen LogP contribution in [0, 0.1) is 0 Å². The second kappa shape index (κ2) is 8.26. The standard InChI is InChI=1S/C20H23ClN2O2/c1-2-18(25-19-8-4-3-7-17(19)21)20(24)22-15-9-11-16(12-10-15)23-13-5-6-14-23/h3-4,7-12,18H,2,5-6,13-14H2,1H3,(H,22,24). The van der Waals surface area contributed by atoms with Gasteiger partial charge >= 0.3 is 0 Å².